The first-order valence-electron chi connectivity index (χ1n) is 10.4. The second kappa shape index (κ2) is 7.07. The second-order valence-electron chi connectivity index (χ2n) is 9.04. The van der Waals surface area contributed by atoms with Crippen LogP contribution in [0.25, 0.3) is 10.2 Å². The summed E-state index contributed by atoms with van der Waals surface area (Å²) in [4.78, 5) is 17.4. The number of carbonyl (C=O) groups is 1. The lowest BCUT2D eigenvalue weighted by molar-refractivity contribution is -0.124. The van der Waals surface area contributed by atoms with E-state index < -0.39 is 0 Å². The lowest BCUT2D eigenvalue weighted by atomic mass is 9.47. The lowest BCUT2D eigenvalue weighted by Crippen LogP contribution is -2.57. The van der Waals surface area contributed by atoms with Crippen LogP contribution in [0.5, 0.6) is 0 Å². The summed E-state index contributed by atoms with van der Waals surface area (Å²) in [5.41, 5.74) is 1.42. The summed E-state index contributed by atoms with van der Waals surface area (Å²) in [6, 6.07) is 8.54. The van der Waals surface area contributed by atoms with Crippen molar-refractivity contribution in [1.82, 2.24) is 10.3 Å². The van der Waals surface area contributed by atoms with Crippen molar-refractivity contribution in [2.75, 3.05) is 5.75 Å². The molecule has 1 aromatic heterocycles. The standard InChI is InChI=1S/C22H28N2OS2/c1-2-19(22-10-14-7-15(11-22)9-16(8-14)12-22)24-20(25)13-26-21-23-17-5-3-4-6-18(17)27-21/h3-6,14-16,19H,2,7-13H2,1H3,(H,24,25). The highest BCUT2D eigenvalue weighted by molar-refractivity contribution is 8.01. The minimum absolute atomic E-state index is 0.182. The molecular weight excluding hydrogens is 372 g/mol. The number of carbonyl (C=O) groups excluding carboxylic acids is 1. The third-order valence-electron chi connectivity index (χ3n) is 7.17. The molecule has 4 aliphatic rings. The van der Waals surface area contributed by atoms with Crippen LogP contribution in [0.3, 0.4) is 0 Å². The van der Waals surface area contributed by atoms with Crippen LogP contribution in [0.2, 0.25) is 0 Å². The van der Waals surface area contributed by atoms with Crippen molar-refractivity contribution >= 4 is 39.2 Å². The normalized spacial score (nSPS) is 32.7. The maximum absolute atomic E-state index is 12.7. The fraction of sp³-hybridized carbons (Fsp3) is 0.636. The molecule has 1 amide bonds. The Morgan fingerprint density at radius 2 is 1.89 bits per heavy atom. The maximum atomic E-state index is 12.7. The molecule has 4 saturated carbocycles. The molecule has 4 aliphatic carbocycles. The summed E-state index contributed by atoms with van der Waals surface area (Å²) in [5.74, 6) is 3.45. The molecule has 1 heterocycles. The van der Waals surface area contributed by atoms with Crippen LogP contribution in [-0.2, 0) is 4.79 Å². The van der Waals surface area contributed by atoms with Crippen LogP contribution < -0.4 is 5.32 Å². The van der Waals surface area contributed by atoms with Crippen molar-refractivity contribution in [2.45, 2.75) is 62.3 Å². The Balaban J connectivity index is 1.23. The predicted molar refractivity (Wildman–Crippen MR) is 113 cm³/mol. The van der Waals surface area contributed by atoms with Gasteiger partial charge in [-0.15, -0.1) is 11.3 Å². The summed E-state index contributed by atoms with van der Waals surface area (Å²) in [6.07, 6.45) is 9.48. The highest BCUT2D eigenvalue weighted by atomic mass is 32.2. The van der Waals surface area contributed by atoms with Crippen LogP contribution in [-0.4, -0.2) is 22.7 Å². The minimum atomic E-state index is 0.182. The largest absolute Gasteiger partial charge is 0.352 e. The van der Waals surface area contributed by atoms with E-state index in [9.17, 15) is 4.79 Å². The van der Waals surface area contributed by atoms with Gasteiger partial charge in [0.1, 0.15) is 0 Å². The Bertz CT molecular complexity index is 777. The zero-order valence-corrected chi connectivity index (χ0v) is 17.6. The quantitative estimate of drug-likeness (QED) is 0.651. The number of amides is 1. The summed E-state index contributed by atoms with van der Waals surface area (Å²) < 4.78 is 2.19. The van der Waals surface area contributed by atoms with E-state index in [4.69, 9.17) is 0 Å². The van der Waals surface area contributed by atoms with Crippen LogP contribution in [0.1, 0.15) is 51.9 Å². The molecule has 6 rings (SSSR count). The Hall–Kier alpha value is -1.07. The van der Waals surface area contributed by atoms with E-state index in [-0.39, 0.29) is 5.91 Å². The molecule has 2 aromatic rings. The number of hydrogen-bond donors (Lipinski definition) is 1. The zero-order valence-electron chi connectivity index (χ0n) is 15.9. The molecule has 144 valence electrons. The third-order valence-corrected chi connectivity index (χ3v) is 9.35. The highest BCUT2D eigenvalue weighted by Crippen LogP contribution is 2.61. The molecule has 4 bridgehead atoms. The number of aromatic nitrogens is 1. The Labute approximate surface area is 169 Å². The first kappa shape index (κ1) is 18.0. The van der Waals surface area contributed by atoms with Crippen molar-refractivity contribution < 1.29 is 4.79 Å². The molecule has 4 fully saturated rings. The summed E-state index contributed by atoms with van der Waals surface area (Å²) in [5, 5.41) is 3.44. The first-order chi connectivity index (χ1) is 13.1. The molecular formula is C22H28N2OS2. The maximum Gasteiger partial charge on any atom is 0.230 e. The monoisotopic (exact) mass is 400 g/mol. The predicted octanol–water partition coefficient (Wildman–Crippen LogP) is 5.50. The van der Waals surface area contributed by atoms with Crippen molar-refractivity contribution in [3.05, 3.63) is 24.3 Å². The van der Waals surface area contributed by atoms with Crippen LogP contribution in [0, 0.1) is 23.2 Å². The first-order valence-corrected chi connectivity index (χ1v) is 12.2. The number of rotatable bonds is 6. The van der Waals surface area contributed by atoms with Gasteiger partial charge in [0.15, 0.2) is 4.34 Å². The van der Waals surface area contributed by atoms with Crippen LogP contribution >= 0.6 is 23.1 Å². The van der Waals surface area contributed by atoms with E-state index in [1.807, 2.05) is 18.2 Å². The van der Waals surface area contributed by atoms with Crippen LogP contribution in [0.4, 0.5) is 0 Å². The van der Waals surface area contributed by atoms with E-state index in [0.717, 1.165) is 34.0 Å². The van der Waals surface area contributed by atoms with Crippen molar-refractivity contribution in [2.24, 2.45) is 23.2 Å². The van der Waals surface area contributed by atoms with Gasteiger partial charge in [-0.1, -0.05) is 30.8 Å². The molecule has 5 heteroatoms. The molecule has 0 aliphatic heterocycles. The fourth-order valence-corrected chi connectivity index (χ4v) is 8.45. The van der Waals surface area contributed by atoms with E-state index in [0.29, 0.717) is 17.2 Å². The number of thioether (sulfide) groups is 1. The second-order valence-corrected chi connectivity index (χ2v) is 11.3. The number of benzene rings is 1. The SMILES string of the molecule is CCC(NC(=O)CSc1nc2ccccc2s1)C12CC3CC(CC(C3)C1)C2. The third kappa shape index (κ3) is 3.42. The van der Waals surface area contributed by atoms with E-state index in [2.05, 4.69) is 23.3 Å². The topological polar surface area (TPSA) is 42.0 Å². The molecule has 1 atom stereocenters. The van der Waals surface area contributed by atoms with Crippen LogP contribution in [0.15, 0.2) is 28.6 Å². The average Bonchev–Trinajstić information content (AvgIpc) is 3.06. The van der Waals surface area contributed by atoms with Gasteiger partial charge in [0, 0.05) is 6.04 Å². The molecule has 3 nitrogen and oxygen atoms in total. The summed E-state index contributed by atoms with van der Waals surface area (Å²) in [6.45, 7) is 2.25. The van der Waals surface area contributed by atoms with E-state index in [1.54, 1.807) is 23.1 Å². The van der Waals surface area contributed by atoms with Crippen molar-refractivity contribution in [3.63, 3.8) is 0 Å². The Morgan fingerprint density at radius 3 is 2.52 bits per heavy atom. The molecule has 27 heavy (non-hydrogen) atoms. The summed E-state index contributed by atoms with van der Waals surface area (Å²) in [7, 11) is 0. The van der Waals surface area contributed by atoms with Gasteiger partial charge in [0.2, 0.25) is 5.91 Å². The summed E-state index contributed by atoms with van der Waals surface area (Å²) >= 11 is 3.26. The van der Waals surface area contributed by atoms with Crippen molar-refractivity contribution in [3.8, 4) is 0 Å². The van der Waals surface area contributed by atoms with Gasteiger partial charge in [-0.2, -0.15) is 0 Å². The molecule has 0 saturated heterocycles. The fourth-order valence-electron chi connectivity index (χ4n) is 6.57. The van der Waals surface area contributed by atoms with Gasteiger partial charge in [-0.25, -0.2) is 4.98 Å². The van der Waals surface area contributed by atoms with Gasteiger partial charge in [0.05, 0.1) is 16.0 Å². The van der Waals surface area contributed by atoms with Gasteiger partial charge < -0.3 is 5.32 Å². The molecule has 1 N–H and O–H groups in total. The zero-order chi connectivity index (χ0) is 18.4. The van der Waals surface area contributed by atoms with Gasteiger partial charge in [-0.05, 0) is 80.2 Å². The van der Waals surface area contributed by atoms with Gasteiger partial charge in [0.25, 0.3) is 0 Å². The lowest BCUT2D eigenvalue weighted by Gasteiger charge is -2.59. The van der Waals surface area contributed by atoms with E-state index >= 15 is 0 Å². The highest BCUT2D eigenvalue weighted by Gasteiger charge is 2.53. The number of fused-ring (bicyclic) bond motifs is 1. The number of nitrogens with one attached hydrogen (secondary N) is 1. The Kier molecular flexibility index (Phi) is 4.71. The number of para-hydroxylation sites is 1. The minimum Gasteiger partial charge on any atom is -0.352 e. The van der Waals surface area contributed by atoms with E-state index in [1.165, 1.54) is 43.2 Å². The molecule has 0 spiro atoms. The smallest absolute Gasteiger partial charge is 0.230 e. The van der Waals surface area contributed by atoms with Gasteiger partial charge in [-0.3, -0.25) is 4.79 Å². The Morgan fingerprint density at radius 1 is 1.22 bits per heavy atom. The van der Waals surface area contributed by atoms with Gasteiger partial charge >= 0.3 is 0 Å². The molecule has 0 radical (unpaired) electrons. The number of nitrogens with zero attached hydrogens (tertiary/aromatic N) is 1. The molecule has 1 unspecified atom stereocenters. The number of hydrogen-bond acceptors (Lipinski definition) is 4. The average molecular weight is 401 g/mol. The number of thiazole rings is 1. The molecule has 1 aromatic carbocycles. The van der Waals surface area contributed by atoms with Crippen molar-refractivity contribution in [1.29, 1.82) is 0 Å².